The van der Waals surface area contributed by atoms with Crippen molar-refractivity contribution in [2.24, 2.45) is 0 Å². The fraction of sp³-hybridized carbons (Fsp3) is 0.550. The van der Waals surface area contributed by atoms with Crippen molar-refractivity contribution in [3.05, 3.63) is 41.3 Å². The van der Waals surface area contributed by atoms with Gasteiger partial charge in [0.2, 0.25) is 15.9 Å². The first-order valence-electron chi connectivity index (χ1n) is 9.47. The number of carbonyl (C=O) groups excluding carboxylic acids is 1. The van der Waals surface area contributed by atoms with Crippen molar-refractivity contribution in [2.75, 3.05) is 32.7 Å². The average Bonchev–Trinajstić information content (AvgIpc) is 2.61. The average molecular weight is 394 g/mol. The van der Waals surface area contributed by atoms with E-state index in [-0.39, 0.29) is 18.0 Å². The number of hydrogen-bond acceptors (Lipinski definition) is 4. The van der Waals surface area contributed by atoms with Gasteiger partial charge in [-0.1, -0.05) is 30.3 Å². The Morgan fingerprint density at radius 2 is 1.59 bits per heavy atom. The molecule has 0 N–H and O–H groups in total. The molecule has 1 saturated heterocycles. The summed E-state index contributed by atoms with van der Waals surface area (Å²) in [6, 6.07) is 9.69. The second-order valence-corrected chi connectivity index (χ2v) is 9.24. The van der Waals surface area contributed by atoms with Gasteiger partial charge in [0.1, 0.15) is 0 Å². The van der Waals surface area contributed by atoms with E-state index in [2.05, 4.69) is 0 Å². The largest absolute Gasteiger partial charge is 0.337 e. The molecule has 1 fully saturated rings. The molecule has 0 spiro atoms. The molecule has 1 amide bonds. The summed E-state index contributed by atoms with van der Waals surface area (Å²) in [7, 11) is -3.45. The number of piperazine rings is 1. The van der Waals surface area contributed by atoms with Crippen LogP contribution in [0.1, 0.15) is 33.3 Å². The molecule has 0 aliphatic carbocycles. The first kappa shape index (κ1) is 21.6. The van der Waals surface area contributed by atoms with Gasteiger partial charge in [-0.25, -0.2) is 8.42 Å². The molecule has 2 rings (SSSR count). The molecule has 0 saturated carbocycles. The second-order valence-electron chi connectivity index (χ2n) is 7.42. The van der Waals surface area contributed by atoms with E-state index in [0.717, 1.165) is 5.56 Å². The summed E-state index contributed by atoms with van der Waals surface area (Å²) in [6.45, 7) is 10.3. The Kier molecular flexibility index (Phi) is 7.59. The van der Waals surface area contributed by atoms with Gasteiger partial charge < -0.3 is 4.90 Å². The lowest BCUT2D eigenvalue weighted by atomic mass is 10.2. The van der Waals surface area contributed by atoms with E-state index in [1.807, 2.05) is 67.8 Å². The minimum atomic E-state index is -3.45. The van der Waals surface area contributed by atoms with Gasteiger partial charge in [0, 0.05) is 43.7 Å². The van der Waals surface area contributed by atoms with Crippen molar-refractivity contribution in [3.8, 4) is 0 Å². The van der Waals surface area contributed by atoms with Crippen molar-refractivity contribution in [1.82, 2.24) is 14.1 Å². The molecule has 150 valence electrons. The van der Waals surface area contributed by atoms with Crippen LogP contribution in [0.15, 0.2) is 35.7 Å². The molecule has 0 bridgehead atoms. The maximum Gasteiger partial charge on any atom is 0.237 e. The van der Waals surface area contributed by atoms with Gasteiger partial charge in [0.25, 0.3) is 0 Å². The number of sulfonamides is 1. The number of nitrogens with zero attached hydrogens (tertiary/aromatic N) is 3. The van der Waals surface area contributed by atoms with Gasteiger partial charge >= 0.3 is 0 Å². The molecule has 1 heterocycles. The predicted molar refractivity (Wildman–Crippen MR) is 110 cm³/mol. The van der Waals surface area contributed by atoms with Crippen molar-refractivity contribution < 1.29 is 13.2 Å². The third kappa shape index (κ3) is 6.16. The number of benzene rings is 1. The van der Waals surface area contributed by atoms with Crippen molar-refractivity contribution in [3.63, 3.8) is 0 Å². The first-order valence-corrected chi connectivity index (χ1v) is 11.0. The van der Waals surface area contributed by atoms with Crippen molar-refractivity contribution in [2.45, 2.75) is 39.8 Å². The third-order valence-electron chi connectivity index (χ3n) is 4.68. The number of amides is 1. The summed E-state index contributed by atoms with van der Waals surface area (Å²) in [6.07, 6.45) is 1.62. The molecule has 27 heavy (non-hydrogen) atoms. The molecule has 0 aromatic heterocycles. The van der Waals surface area contributed by atoms with E-state index in [1.165, 1.54) is 9.71 Å². The number of carbonyl (C=O) groups is 1. The van der Waals surface area contributed by atoms with Crippen LogP contribution < -0.4 is 0 Å². The van der Waals surface area contributed by atoms with Crippen LogP contribution >= 0.6 is 0 Å². The van der Waals surface area contributed by atoms with E-state index in [4.69, 9.17) is 0 Å². The van der Waals surface area contributed by atoms with E-state index < -0.39 is 10.0 Å². The molecule has 1 aromatic carbocycles. The Balaban J connectivity index is 1.90. The summed E-state index contributed by atoms with van der Waals surface area (Å²) >= 11 is 0. The molecule has 0 atom stereocenters. The lowest BCUT2D eigenvalue weighted by Gasteiger charge is -2.36. The lowest BCUT2D eigenvalue weighted by molar-refractivity contribution is -0.136. The molecule has 1 aliphatic rings. The van der Waals surface area contributed by atoms with E-state index in [9.17, 15) is 13.2 Å². The van der Waals surface area contributed by atoms with E-state index >= 15 is 0 Å². The summed E-state index contributed by atoms with van der Waals surface area (Å²) in [5, 5.41) is 1.27. The maximum absolute atomic E-state index is 12.6. The highest BCUT2D eigenvalue weighted by Gasteiger charge is 2.28. The Labute approximate surface area is 163 Å². The predicted octanol–water partition coefficient (Wildman–Crippen LogP) is 2.25. The first-order chi connectivity index (χ1) is 12.7. The van der Waals surface area contributed by atoms with E-state index in [1.54, 1.807) is 6.08 Å². The van der Waals surface area contributed by atoms with Gasteiger partial charge in [-0.2, -0.15) is 4.31 Å². The SMILES string of the molecule is CC(C)N(C(=O)CN1CCN(S(=O)(=O)/C=C\c2ccccc2)CC1)C(C)C. The Morgan fingerprint density at radius 3 is 2.11 bits per heavy atom. The number of rotatable bonds is 7. The van der Waals surface area contributed by atoms with Gasteiger partial charge in [0.05, 0.1) is 6.54 Å². The van der Waals surface area contributed by atoms with Crippen LogP contribution in [0.3, 0.4) is 0 Å². The Hall–Kier alpha value is -1.70. The van der Waals surface area contributed by atoms with Crippen LogP contribution in [0.25, 0.3) is 6.08 Å². The molecule has 1 aliphatic heterocycles. The summed E-state index contributed by atoms with van der Waals surface area (Å²) < 4.78 is 26.5. The summed E-state index contributed by atoms with van der Waals surface area (Å²) in [5.74, 6) is 0.0975. The lowest BCUT2D eigenvalue weighted by Crippen LogP contribution is -2.53. The Bertz CT molecular complexity index is 729. The minimum absolute atomic E-state index is 0.0975. The molecular weight excluding hydrogens is 362 g/mol. The topological polar surface area (TPSA) is 60.9 Å². The quantitative estimate of drug-likeness (QED) is 0.713. The highest BCUT2D eigenvalue weighted by Crippen LogP contribution is 2.13. The fourth-order valence-corrected chi connectivity index (χ4v) is 4.58. The monoisotopic (exact) mass is 393 g/mol. The summed E-state index contributed by atoms with van der Waals surface area (Å²) in [5.41, 5.74) is 0.854. The van der Waals surface area contributed by atoms with Crippen LogP contribution in [0.2, 0.25) is 0 Å². The maximum atomic E-state index is 12.6. The van der Waals surface area contributed by atoms with Gasteiger partial charge in [0.15, 0.2) is 0 Å². The zero-order valence-electron chi connectivity index (χ0n) is 16.7. The van der Waals surface area contributed by atoms with Crippen molar-refractivity contribution in [1.29, 1.82) is 0 Å². The van der Waals surface area contributed by atoms with Crippen molar-refractivity contribution >= 4 is 22.0 Å². The minimum Gasteiger partial charge on any atom is -0.337 e. The fourth-order valence-electron chi connectivity index (χ4n) is 3.40. The standard InChI is InChI=1S/C20H31N3O3S/c1-17(2)23(18(3)4)20(24)16-21-11-13-22(14-12-21)27(25,26)15-10-19-8-6-5-7-9-19/h5-10,15,17-18H,11-14,16H2,1-4H3/b15-10-. The van der Waals surface area contributed by atoms with Crippen LogP contribution in [-0.4, -0.2) is 73.2 Å². The molecule has 6 nitrogen and oxygen atoms in total. The zero-order valence-corrected chi connectivity index (χ0v) is 17.5. The highest BCUT2D eigenvalue weighted by atomic mass is 32.2. The normalized spacial score (nSPS) is 17.1. The van der Waals surface area contributed by atoms with Crippen LogP contribution in [0.4, 0.5) is 0 Å². The molecule has 0 radical (unpaired) electrons. The molecule has 1 aromatic rings. The van der Waals surface area contributed by atoms with Crippen LogP contribution in [-0.2, 0) is 14.8 Å². The van der Waals surface area contributed by atoms with Crippen LogP contribution in [0.5, 0.6) is 0 Å². The second kappa shape index (κ2) is 9.48. The molecule has 7 heteroatoms. The van der Waals surface area contributed by atoms with Gasteiger partial charge in [-0.3, -0.25) is 9.69 Å². The molecule has 0 unspecified atom stereocenters. The Morgan fingerprint density at radius 1 is 1.04 bits per heavy atom. The third-order valence-corrected chi connectivity index (χ3v) is 6.25. The highest BCUT2D eigenvalue weighted by molar-refractivity contribution is 7.92. The van der Waals surface area contributed by atoms with Gasteiger partial charge in [-0.05, 0) is 39.3 Å². The zero-order chi connectivity index (χ0) is 20.0. The van der Waals surface area contributed by atoms with Gasteiger partial charge in [-0.15, -0.1) is 0 Å². The number of hydrogen-bond donors (Lipinski definition) is 0. The summed E-state index contributed by atoms with van der Waals surface area (Å²) in [4.78, 5) is 16.5. The smallest absolute Gasteiger partial charge is 0.237 e. The van der Waals surface area contributed by atoms with E-state index in [0.29, 0.717) is 32.7 Å². The molecular formula is C20H31N3O3S. The van der Waals surface area contributed by atoms with Crippen LogP contribution in [0, 0.1) is 0 Å².